The molecule has 3 aromatic rings. The minimum atomic E-state index is 0.739. The Balaban J connectivity index is 1.31. The fourth-order valence-corrected chi connectivity index (χ4v) is 4.35. The van der Waals surface area contributed by atoms with Crippen LogP contribution in [0, 0.1) is 0 Å². The number of ether oxygens (including phenoxy) is 2. The summed E-state index contributed by atoms with van der Waals surface area (Å²) in [5, 5.41) is 2.61. The molecule has 0 saturated carbocycles. The van der Waals surface area contributed by atoms with E-state index in [1.54, 1.807) is 0 Å². The van der Waals surface area contributed by atoms with Crippen molar-refractivity contribution < 1.29 is 9.47 Å². The summed E-state index contributed by atoms with van der Waals surface area (Å²) in [6, 6.07) is 22.1. The lowest BCUT2D eigenvalue weighted by Gasteiger charge is -2.27. The third-order valence-electron chi connectivity index (χ3n) is 5.91. The molecule has 1 fully saturated rings. The first-order chi connectivity index (χ1) is 14.3. The summed E-state index contributed by atoms with van der Waals surface area (Å²) in [7, 11) is 0. The third kappa shape index (κ3) is 4.45. The molecular weight excluding hydrogens is 360 g/mol. The number of benzene rings is 3. The summed E-state index contributed by atoms with van der Waals surface area (Å²) >= 11 is 0. The Hall–Kier alpha value is -2.40. The molecule has 4 heteroatoms. The molecule has 2 aliphatic heterocycles. The van der Waals surface area contributed by atoms with Gasteiger partial charge in [0, 0.05) is 44.8 Å². The summed E-state index contributed by atoms with van der Waals surface area (Å²) in [6.07, 6.45) is 0. The van der Waals surface area contributed by atoms with Crippen molar-refractivity contribution in [3.63, 3.8) is 0 Å². The number of hydrogen-bond donors (Lipinski definition) is 0. The highest BCUT2D eigenvalue weighted by molar-refractivity contribution is 5.82. The fraction of sp³-hybridized carbons (Fsp3) is 0.360. The number of rotatable bonds is 4. The zero-order valence-electron chi connectivity index (χ0n) is 16.8. The molecule has 4 nitrogen and oxygen atoms in total. The van der Waals surface area contributed by atoms with E-state index in [0.717, 1.165) is 64.8 Å². The van der Waals surface area contributed by atoms with Gasteiger partial charge < -0.3 is 9.47 Å². The second-order valence-corrected chi connectivity index (χ2v) is 8.07. The topological polar surface area (TPSA) is 24.9 Å². The SMILES string of the molecule is c1ccc2cc(CN3CCOc4ccc(CN5CCOCC5)cc4C3)ccc2c1. The highest BCUT2D eigenvalue weighted by Crippen LogP contribution is 2.26. The molecule has 0 aliphatic carbocycles. The van der Waals surface area contributed by atoms with E-state index in [1.807, 2.05) is 0 Å². The summed E-state index contributed by atoms with van der Waals surface area (Å²) in [6.45, 7) is 8.26. The Morgan fingerprint density at radius 1 is 0.690 bits per heavy atom. The molecule has 0 aromatic heterocycles. The third-order valence-corrected chi connectivity index (χ3v) is 5.91. The predicted octanol–water partition coefficient (Wildman–Crippen LogP) is 4.07. The number of morpholine rings is 1. The van der Waals surface area contributed by atoms with Gasteiger partial charge in [0.05, 0.1) is 13.2 Å². The molecule has 0 unspecified atom stereocenters. The lowest BCUT2D eigenvalue weighted by molar-refractivity contribution is 0.0342. The van der Waals surface area contributed by atoms with E-state index < -0.39 is 0 Å². The smallest absolute Gasteiger partial charge is 0.123 e. The van der Waals surface area contributed by atoms with Crippen molar-refractivity contribution in [1.29, 1.82) is 0 Å². The Labute approximate surface area is 172 Å². The van der Waals surface area contributed by atoms with Gasteiger partial charge in [-0.15, -0.1) is 0 Å². The van der Waals surface area contributed by atoms with Gasteiger partial charge in [-0.3, -0.25) is 9.80 Å². The van der Waals surface area contributed by atoms with Crippen LogP contribution in [0.25, 0.3) is 10.8 Å². The Kier molecular flexibility index (Phi) is 5.48. The Morgan fingerprint density at radius 2 is 1.41 bits per heavy atom. The molecule has 0 N–H and O–H groups in total. The van der Waals surface area contributed by atoms with E-state index in [-0.39, 0.29) is 0 Å². The highest BCUT2D eigenvalue weighted by atomic mass is 16.5. The first-order valence-electron chi connectivity index (χ1n) is 10.6. The lowest BCUT2D eigenvalue weighted by atomic mass is 10.1. The second kappa shape index (κ2) is 8.54. The number of nitrogens with zero attached hydrogens (tertiary/aromatic N) is 2. The molecular formula is C25H28N2O2. The summed E-state index contributed by atoms with van der Waals surface area (Å²) in [5.41, 5.74) is 4.02. The van der Waals surface area contributed by atoms with Crippen LogP contribution in [0.1, 0.15) is 16.7 Å². The first-order valence-corrected chi connectivity index (χ1v) is 10.6. The van der Waals surface area contributed by atoms with Crippen molar-refractivity contribution in [2.75, 3.05) is 39.5 Å². The fourth-order valence-electron chi connectivity index (χ4n) is 4.35. The van der Waals surface area contributed by atoms with E-state index in [2.05, 4.69) is 70.5 Å². The van der Waals surface area contributed by atoms with Crippen LogP contribution in [0.15, 0.2) is 60.7 Å². The van der Waals surface area contributed by atoms with Crippen molar-refractivity contribution in [3.05, 3.63) is 77.4 Å². The van der Waals surface area contributed by atoms with Crippen LogP contribution in [0.4, 0.5) is 0 Å². The minimum Gasteiger partial charge on any atom is -0.492 e. The van der Waals surface area contributed by atoms with Crippen LogP contribution in [-0.4, -0.2) is 49.3 Å². The maximum absolute atomic E-state index is 6.06. The molecule has 2 heterocycles. The zero-order valence-corrected chi connectivity index (χ0v) is 16.8. The Morgan fingerprint density at radius 3 is 2.31 bits per heavy atom. The summed E-state index contributed by atoms with van der Waals surface area (Å²) in [5.74, 6) is 1.04. The van der Waals surface area contributed by atoms with Crippen molar-refractivity contribution in [2.24, 2.45) is 0 Å². The van der Waals surface area contributed by atoms with Crippen LogP contribution < -0.4 is 4.74 Å². The van der Waals surface area contributed by atoms with Crippen LogP contribution in [-0.2, 0) is 24.4 Å². The van der Waals surface area contributed by atoms with Gasteiger partial charge in [-0.1, -0.05) is 42.5 Å². The maximum Gasteiger partial charge on any atom is 0.123 e. The van der Waals surface area contributed by atoms with Gasteiger partial charge in [-0.25, -0.2) is 0 Å². The second-order valence-electron chi connectivity index (χ2n) is 8.07. The molecule has 0 bridgehead atoms. The van der Waals surface area contributed by atoms with Crippen LogP contribution in [0.2, 0.25) is 0 Å². The average Bonchev–Trinajstić information content (AvgIpc) is 2.95. The molecule has 0 radical (unpaired) electrons. The van der Waals surface area contributed by atoms with E-state index in [9.17, 15) is 0 Å². The molecule has 1 saturated heterocycles. The largest absolute Gasteiger partial charge is 0.492 e. The van der Waals surface area contributed by atoms with E-state index in [1.165, 1.54) is 27.5 Å². The van der Waals surface area contributed by atoms with E-state index in [4.69, 9.17) is 9.47 Å². The van der Waals surface area contributed by atoms with Gasteiger partial charge in [0.1, 0.15) is 12.4 Å². The minimum absolute atomic E-state index is 0.739. The molecule has 3 aromatic carbocycles. The van der Waals surface area contributed by atoms with Gasteiger partial charge in [0.15, 0.2) is 0 Å². The predicted molar refractivity (Wildman–Crippen MR) is 116 cm³/mol. The monoisotopic (exact) mass is 388 g/mol. The van der Waals surface area contributed by atoms with Crippen LogP contribution in [0.5, 0.6) is 5.75 Å². The van der Waals surface area contributed by atoms with Gasteiger partial charge in [-0.05, 0) is 40.1 Å². The first kappa shape index (κ1) is 18.6. The number of fused-ring (bicyclic) bond motifs is 2. The van der Waals surface area contributed by atoms with E-state index >= 15 is 0 Å². The van der Waals surface area contributed by atoms with E-state index in [0.29, 0.717) is 0 Å². The number of hydrogen-bond acceptors (Lipinski definition) is 4. The van der Waals surface area contributed by atoms with Crippen molar-refractivity contribution in [1.82, 2.24) is 9.80 Å². The maximum atomic E-state index is 6.06. The molecule has 0 amide bonds. The normalized spacial score (nSPS) is 18.2. The van der Waals surface area contributed by atoms with Crippen molar-refractivity contribution in [3.8, 4) is 5.75 Å². The molecule has 5 rings (SSSR count). The molecule has 150 valence electrons. The molecule has 2 aliphatic rings. The standard InChI is InChI=1S/C25H28N2O2/c1-2-4-23-15-20(5-7-22(23)3-1)18-27-11-14-29-25-8-6-21(16-24(25)19-27)17-26-9-12-28-13-10-26/h1-8,15-16H,9-14,17-19H2. The highest BCUT2D eigenvalue weighted by Gasteiger charge is 2.17. The van der Waals surface area contributed by atoms with Gasteiger partial charge in [0.2, 0.25) is 0 Å². The average molecular weight is 389 g/mol. The molecule has 0 atom stereocenters. The zero-order chi connectivity index (χ0) is 19.5. The van der Waals surface area contributed by atoms with Crippen LogP contribution >= 0.6 is 0 Å². The lowest BCUT2D eigenvalue weighted by Crippen LogP contribution is -2.35. The van der Waals surface area contributed by atoms with Gasteiger partial charge in [-0.2, -0.15) is 0 Å². The Bertz CT molecular complexity index is 981. The van der Waals surface area contributed by atoms with Gasteiger partial charge >= 0.3 is 0 Å². The van der Waals surface area contributed by atoms with Crippen molar-refractivity contribution in [2.45, 2.75) is 19.6 Å². The molecule has 0 spiro atoms. The summed E-state index contributed by atoms with van der Waals surface area (Å²) in [4.78, 5) is 4.96. The molecule has 29 heavy (non-hydrogen) atoms. The van der Waals surface area contributed by atoms with Crippen LogP contribution in [0.3, 0.4) is 0 Å². The quantitative estimate of drug-likeness (QED) is 0.673. The van der Waals surface area contributed by atoms with Crippen molar-refractivity contribution >= 4 is 10.8 Å². The van der Waals surface area contributed by atoms with Gasteiger partial charge in [0.25, 0.3) is 0 Å². The summed E-state index contributed by atoms with van der Waals surface area (Å²) < 4.78 is 11.5.